The molecule has 0 atom stereocenters. The van der Waals surface area contributed by atoms with Crippen molar-refractivity contribution < 1.29 is 14.3 Å². The molecule has 6 nitrogen and oxygen atoms in total. The van der Waals surface area contributed by atoms with E-state index in [4.69, 9.17) is 9.47 Å². The van der Waals surface area contributed by atoms with Gasteiger partial charge in [-0.3, -0.25) is 4.79 Å². The van der Waals surface area contributed by atoms with Gasteiger partial charge in [0.15, 0.2) is 0 Å². The average Bonchev–Trinajstić information content (AvgIpc) is 3.21. The summed E-state index contributed by atoms with van der Waals surface area (Å²) in [6.45, 7) is 2.05. The van der Waals surface area contributed by atoms with Crippen LogP contribution >= 0.6 is 0 Å². The first-order valence-corrected chi connectivity index (χ1v) is 11.0. The molecular weight excluding hydrogens is 414 g/mol. The molecule has 1 aromatic heterocycles. The highest BCUT2D eigenvalue weighted by molar-refractivity contribution is 6.04. The van der Waals surface area contributed by atoms with E-state index in [1.54, 1.807) is 37.4 Å². The standard InChI is InChI=1S/C27H29N3O3/c1-29(2)15-5-16-30-17-14-21-18-25(12-13-26(21)30)33-23-10-8-20(9-11-23)27(31)28-22-6-4-7-24(19-22)32-3/h4,6-14,17-19H,5,15-16H2,1-3H3,(H,28,31). The zero-order valence-electron chi connectivity index (χ0n) is 19.2. The van der Waals surface area contributed by atoms with E-state index in [-0.39, 0.29) is 5.91 Å². The van der Waals surface area contributed by atoms with Crippen molar-refractivity contribution in [2.45, 2.75) is 13.0 Å². The molecule has 0 saturated carbocycles. The molecule has 33 heavy (non-hydrogen) atoms. The van der Waals surface area contributed by atoms with Crippen molar-refractivity contribution in [2.75, 3.05) is 33.1 Å². The molecule has 4 aromatic rings. The summed E-state index contributed by atoms with van der Waals surface area (Å²) in [4.78, 5) is 14.7. The van der Waals surface area contributed by atoms with Gasteiger partial charge in [-0.1, -0.05) is 6.07 Å². The van der Waals surface area contributed by atoms with E-state index in [1.165, 1.54) is 5.52 Å². The first kappa shape index (κ1) is 22.4. The van der Waals surface area contributed by atoms with Gasteiger partial charge in [-0.15, -0.1) is 0 Å². The van der Waals surface area contributed by atoms with E-state index >= 15 is 0 Å². The lowest BCUT2D eigenvalue weighted by atomic mass is 10.2. The second kappa shape index (κ2) is 10.2. The van der Waals surface area contributed by atoms with Crippen molar-refractivity contribution in [1.29, 1.82) is 0 Å². The van der Waals surface area contributed by atoms with Gasteiger partial charge in [0.2, 0.25) is 0 Å². The molecule has 0 radical (unpaired) electrons. The molecule has 0 aliphatic heterocycles. The largest absolute Gasteiger partial charge is 0.497 e. The molecule has 0 spiro atoms. The van der Waals surface area contributed by atoms with E-state index < -0.39 is 0 Å². The molecule has 0 bridgehead atoms. The number of methoxy groups -OCH3 is 1. The topological polar surface area (TPSA) is 55.7 Å². The van der Waals surface area contributed by atoms with Gasteiger partial charge in [0, 0.05) is 41.0 Å². The molecule has 1 amide bonds. The maximum absolute atomic E-state index is 12.5. The number of benzene rings is 3. The summed E-state index contributed by atoms with van der Waals surface area (Å²) in [6.07, 6.45) is 3.23. The first-order chi connectivity index (χ1) is 16.0. The maximum atomic E-state index is 12.5. The van der Waals surface area contributed by atoms with Crippen molar-refractivity contribution in [1.82, 2.24) is 9.47 Å². The van der Waals surface area contributed by atoms with Crippen LogP contribution in [-0.2, 0) is 6.54 Å². The van der Waals surface area contributed by atoms with Crippen LogP contribution in [0.15, 0.2) is 79.0 Å². The lowest BCUT2D eigenvalue weighted by Gasteiger charge is -2.11. The first-order valence-electron chi connectivity index (χ1n) is 11.0. The number of amides is 1. The Morgan fingerprint density at radius 2 is 1.73 bits per heavy atom. The van der Waals surface area contributed by atoms with Crippen molar-refractivity contribution >= 4 is 22.5 Å². The summed E-state index contributed by atoms with van der Waals surface area (Å²) in [5.41, 5.74) is 2.43. The number of anilines is 1. The van der Waals surface area contributed by atoms with Gasteiger partial charge in [0.05, 0.1) is 7.11 Å². The van der Waals surface area contributed by atoms with Crippen molar-refractivity contribution in [3.05, 3.63) is 84.6 Å². The number of rotatable bonds is 9. The summed E-state index contributed by atoms with van der Waals surface area (Å²) in [5.74, 6) is 1.95. The second-order valence-electron chi connectivity index (χ2n) is 8.20. The van der Waals surface area contributed by atoms with Gasteiger partial charge < -0.3 is 24.3 Å². The van der Waals surface area contributed by atoms with Crippen LogP contribution in [-0.4, -0.2) is 43.1 Å². The number of nitrogens with zero attached hydrogens (tertiary/aromatic N) is 2. The van der Waals surface area contributed by atoms with Gasteiger partial charge >= 0.3 is 0 Å². The maximum Gasteiger partial charge on any atom is 0.255 e. The molecule has 0 fully saturated rings. The Kier molecular flexibility index (Phi) is 6.95. The van der Waals surface area contributed by atoms with Gasteiger partial charge in [0.25, 0.3) is 5.91 Å². The summed E-state index contributed by atoms with van der Waals surface area (Å²) in [5, 5.41) is 4.03. The number of nitrogens with one attached hydrogen (secondary N) is 1. The minimum absolute atomic E-state index is 0.188. The third kappa shape index (κ3) is 5.73. The zero-order valence-corrected chi connectivity index (χ0v) is 19.2. The highest BCUT2D eigenvalue weighted by Gasteiger charge is 2.08. The Balaban J connectivity index is 1.39. The van der Waals surface area contributed by atoms with E-state index in [9.17, 15) is 4.79 Å². The van der Waals surface area contributed by atoms with E-state index in [0.717, 1.165) is 30.6 Å². The Labute approximate surface area is 194 Å². The average molecular weight is 444 g/mol. The van der Waals surface area contributed by atoms with Crippen LogP contribution < -0.4 is 14.8 Å². The van der Waals surface area contributed by atoms with Crippen LogP contribution in [0.4, 0.5) is 5.69 Å². The van der Waals surface area contributed by atoms with Gasteiger partial charge in [-0.25, -0.2) is 0 Å². The molecule has 0 aliphatic carbocycles. The van der Waals surface area contributed by atoms with Crippen molar-refractivity contribution in [2.24, 2.45) is 0 Å². The number of hydrogen-bond acceptors (Lipinski definition) is 4. The fourth-order valence-electron chi connectivity index (χ4n) is 3.71. The minimum Gasteiger partial charge on any atom is -0.497 e. The molecule has 0 unspecified atom stereocenters. The normalized spacial score (nSPS) is 11.0. The van der Waals surface area contributed by atoms with Crippen LogP contribution in [0, 0.1) is 0 Å². The zero-order chi connectivity index (χ0) is 23.2. The highest BCUT2D eigenvalue weighted by atomic mass is 16.5. The molecule has 0 aliphatic rings. The van der Waals surface area contributed by atoms with Gasteiger partial charge in [-0.2, -0.15) is 0 Å². The number of carbonyl (C=O) groups is 1. The van der Waals surface area contributed by atoms with Crippen LogP contribution in [0.5, 0.6) is 17.2 Å². The Morgan fingerprint density at radius 1 is 0.939 bits per heavy atom. The number of fused-ring (bicyclic) bond motifs is 1. The molecule has 0 saturated heterocycles. The lowest BCUT2D eigenvalue weighted by molar-refractivity contribution is 0.102. The predicted molar refractivity (Wildman–Crippen MR) is 133 cm³/mol. The van der Waals surface area contributed by atoms with Crippen molar-refractivity contribution in [3.63, 3.8) is 0 Å². The van der Waals surface area contributed by atoms with Crippen LogP contribution in [0.25, 0.3) is 10.9 Å². The Morgan fingerprint density at radius 3 is 2.48 bits per heavy atom. The molecule has 1 heterocycles. The summed E-state index contributed by atoms with van der Waals surface area (Å²) in [7, 11) is 5.79. The van der Waals surface area contributed by atoms with Gasteiger partial charge in [-0.05, 0) is 87.7 Å². The van der Waals surface area contributed by atoms with Crippen LogP contribution in [0.1, 0.15) is 16.8 Å². The van der Waals surface area contributed by atoms with Crippen LogP contribution in [0.2, 0.25) is 0 Å². The van der Waals surface area contributed by atoms with Crippen molar-refractivity contribution in [3.8, 4) is 17.2 Å². The second-order valence-corrected chi connectivity index (χ2v) is 8.20. The number of carbonyl (C=O) groups excluding carboxylic acids is 1. The van der Waals surface area contributed by atoms with E-state index in [0.29, 0.717) is 22.7 Å². The van der Waals surface area contributed by atoms with E-state index in [1.807, 2.05) is 30.3 Å². The Hall–Kier alpha value is -3.77. The molecular formula is C27H29N3O3. The fourth-order valence-corrected chi connectivity index (χ4v) is 3.71. The molecule has 1 N–H and O–H groups in total. The SMILES string of the molecule is COc1cccc(NC(=O)c2ccc(Oc3ccc4c(ccn4CCCN(C)C)c3)cc2)c1. The summed E-state index contributed by atoms with van der Waals surface area (Å²) in [6, 6.07) is 22.6. The Bertz CT molecular complexity index is 1230. The monoisotopic (exact) mass is 443 g/mol. The highest BCUT2D eigenvalue weighted by Crippen LogP contribution is 2.27. The number of hydrogen-bond donors (Lipinski definition) is 1. The number of aromatic nitrogens is 1. The summed E-state index contributed by atoms with van der Waals surface area (Å²) >= 11 is 0. The van der Waals surface area contributed by atoms with E-state index in [2.05, 4.69) is 47.2 Å². The quantitative estimate of drug-likeness (QED) is 0.363. The number of aryl methyl sites for hydroxylation is 1. The smallest absolute Gasteiger partial charge is 0.255 e. The molecule has 170 valence electrons. The third-order valence-corrected chi connectivity index (χ3v) is 5.43. The third-order valence-electron chi connectivity index (χ3n) is 5.43. The van der Waals surface area contributed by atoms with Gasteiger partial charge in [0.1, 0.15) is 17.2 Å². The number of ether oxygens (including phenoxy) is 2. The molecule has 3 aromatic carbocycles. The fraction of sp³-hybridized carbons (Fsp3) is 0.222. The molecule has 4 rings (SSSR count). The predicted octanol–water partition coefficient (Wildman–Crippen LogP) is 5.65. The minimum atomic E-state index is -0.188. The lowest BCUT2D eigenvalue weighted by Crippen LogP contribution is -2.14. The molecule has 6 heteroatoms. The summed E-state index contributed by atoms with van der Waals surface area (Å²) < 4.78 is 13.5. The van der Waals surface area contributed by atoms with Crippen LogP contribution in [0.3, 0.4) is 0 Å².